The topological polar surface area (TPSA) is 4.93 Å². The maximum Gasteiger partial charge on any atom is 0.0541 e. The summed E-state index contributed by atoms with van der Waals surface area (Å²) in [6.45, 7) is 0. The van der Waals surface area contributed by atoms with E-state index in [-0.39, 0.29) is 0 Å². The van der Waals surface area contributed by atoms with Crippen molar-refractivity contribution in [1.82, 2.24) is 4.57 Å². The van der Waals surface area contributed by atoms with Crippen LogP contribution in [0, 0.1) is 0 Å². The minimum absolute atomic E-state index is 1.08. The standard InChI is InChI=1S/C42H26BrNS/c43-30-19-22-39-36(25-30)35-24-29(42-32(27-10-3-1-4-11-27)15-9-16-33(42)28-12-5-2-6-13-28)18-21-38(35)44(39)31-20-23-41-37(26-31)34-14-7-8-17-40(34)45-41/h1-26H. The number of halogens is 1. The van der Waals surface area contributed by atoms with Gasteiger partial charge in [-0.15, -0.1) is 11.3 Å². The van der Waals surface area contributed by atoms with Crippen LogP contribution in [0.15, 0.2) is 162 Å². The van der Waals surface area contributed by atoms with E-state index in [0.717, 1.165) is 4.47 Å². The van der Waals surface area contributed by atoms with Gasteiger partial charge in [-0.2, -0.15) is 0 Å². The fourth-order valence-electron chi connectivity index (χ4n) is 6.86. The molecule has 0 atom stereocenters. The predicted molar refractivity (Wildman–Crippen MR) is 198 cm³/mol. The molecule has 2 heterocycles. The van der Waals surface area contributed by atoms with E-state index < -0.39 is 0 Å². The van der Waals surface area contributed by atoms with Gasteiger partial charge in [0.25, 0.3) is 0 Å². The summed E-state index contributed by atoms with van der Waals surface area (Å²) in [4.78, 5) is 0. The molecule has 7 aromatic carbocycles. The van der Waals surface area contributed by atoms with Crippen molar-refractivity contribution in [3.05, 3.63) is 162 Å². The molecule has 0 radical (unpaired) electrons. The molecule has 0 aliphatic heterocycles. The van der Waals surface area contributed by atoms with Gasteiger partial charge in [0.2, 0.25) is 0 Å². The molecule has 0 unspecified atom stereocenters. The van der Waals surface area contributed by atoms with E-state index in [2.05, 4.69) is 178 Å². The van der Waals surface area contributed by atoms with Gasteiger partial charge in [-0.25, -0.2) is 0 Å². The van der Waals surface area contributed by atoms with Crippen molar-refractivity contribution in [2.75, 3.05) is 0 Å². The van der Waals surface area contributed by atoms with Crippen molar-refractivity contribution < 1.29 is 0 Å². The van der Waals surface area contributed by atoms with Crippen LogP contribution >= 0.6 is 27.3 Å². The smallest absolute Gasteiger partial charge is 0.0541 e. The van der Waals surface area contributed by atoms with Crippen LogP contribution in [0.1, 0.15) is 0 Å². The van der Waals surface area contributed by atoms with Crippen LogP contribution in [0.4, 0.5) is 0 Å². The Morgan fingerprint density at radius 1 is 0.422 bits per heavy atom. The first kappa shape index (κ1) is 26.4. The SMILES string of the molecule is Brc1ccc2c(c1)c1cc(-c3c(-c4ccccc4)cccc3-c3ccccc3)ccc1n2-c1ccc2sc3ccccc3c2c1. The second-order valence-corrected chi connectivity index (χ2v) is 13.5. The molecule has 0 saturated carbocycles. The molecule has 0 bridgehead atoms. The van der Waals surface area contributed by atoms with Gasteiger partial charge >= 0.3 is 0 Å². The monoisotopic (exact) mass is 655 g/mol. The second-order valence-electron chi connectivity index (χ2n) is 11.5. The molecule has 9 aromatic rings. The van der Waals surface area contributed by atoms with Gasteiger partial charge in [0, 0.05) is 41.1 Å². The molecule has 1 nitrogen and oxygen atoms in total. The summed E-state index contributed by atoms with van der Waals surface area (Å²) in [5.41, 5.74) is 10.9. The highest BCUT2D eigenvalue weighted by molar-refractivity contribution is 9.10. The van der Waals surface area contributed by atoms with Crippen LogP contribution in [-0.2, 0) is 0 Å². The van der Waals surface area contributed by atoms with E-state index in [9.17, 15) is 0 Å². The maximum atomic E-state index is 3.78. The Kier molecular flexibility index (Phi) is 6.22. The van der Waals surface area contributed by atoms with Crippen LogP contribution < -0.4 is 0 Å². The number of hydrogen-bond acceptors (Lipinski definition) is 1. The largest absolute Gasteiger partial charge is 0.309 e. The lowest BCUT2D eigenvalue weighted by molar-refractivity contribution is 1.19. The lowest BCUT2D eigenvalue weighted by Gasteiger charge is -2.17. The van der Waals surface area contributed by atoms with Crippen molar-refractivity contribution in [2.45, 2.75) is 0 Å². The number of hydrogen-bond donors (Lipinski definition) is 0. The zero-order valence-corrected chi connectivity index (χ0v) is 26.6. The van der Waals surface area contributed by atoms with Crippen LogP contribution in [0.25, 0.3) is 81.0 Å². The third-order valence-corrected chi connectivity index (χ3v) is 10.5. The first-order valence-corrected chi connectivity index (χ1v) is 16.7. The van der Waals surface area contributed by atoms with E-state index in [1.165, 1.54) is 81.0 Å². The molecule has 45 heavy (non-hydrogen) atoms. The lowest BCUT2D eigenvalue weighted by Crippen LogP contribution is -1.94. The van der Waals surface area contributed by atoms with Crippen molar-refractivity contribution >= 4 is 69.2 Å². The first-order chi connectivity index (χ1) is 22.2. The molecule has 0 N–H and O–H groups in total. The molecule has 9 rings (SSSR count). The van der Waals surface area contributed by atoms with Crippen LogP contribution in [0.2, 0.25) is 0 Å². The molecule has 0 spiro atoms. The van der Waals surface area contributed by atoms with E-state index in [0.29, 0.717) is 0 Å². The highest BCUT2D eigenvalue weighted by Crippen LogP contribution is 2.43. The number of aromatic nitrogens is 1. The minimum Gasteiger partial charge on any atom is -0.309 e. The minimum atomic E-state index is 1.08. The van der Waals surface area contributed by atoms with Gasteiger partial charge in [-0.3, -0.25) is 0 Å². The fourth-order valence-corrected chi connectivity index (χ4v) is 8.31. The van der Waals surface area contributed by atoms with Crippen molar-refractivity contribution in [3.63, 3.8) is 0 Å². The third-order valence-electron chi connectivity index (χ3n) is 8.87. The predicted octanol–water partition coefficient (Wildman–Crippen LogP) is 12.9. The molecule has 3 heteroatoms. The summed E-state index contributed by atoms with van der Waals surface area (Å²) in [5.74, 6) is 0. The second kappa shape index (κ2) is 10.6. The first-order valence-electron chi connectivity index (χ1n) is 15.1. The molecule has 0 fully saturated rings. The van der Waals surface area contributed by atoms with E-state index >= 15 is 0 Å². The van der Waals surface area contributed by atoms with Crippen molar-refractivity contribution in [1.29, 1.82) is 0 Å². The van der Waals surface area contributed by atoms with Gasteiger partial charge in [0.1, 0.15) is 0 Å². The summed E-state index contributed by atoms with van der Waals surface area (Å²) in [7, 11) is 0. The van der Waals surface area contributed by atoms with Gasteiger partial charge < -0.3 is 4.57 Å². The summed E-state index contributed by atoms with van der Waals surface area (Å²) in [6.07, 6.45) is 0. The number of rotatable bonds is 4. The molecule has 212 valence electrons. The number of fused-ring (bicyclic) bond motifs is 6. The van der Waals surface area contributed by atoms with E-state index in [1.807, 2.05) is 11.3 Å². The van der Waals surface area contributed by atoms with Crippen LogP contribution in [-0.4, -0.2) is 4.57 Å². The maximum absolute atomic E-state index is 3.78. The van der Waals surface area contributed by atoms with Crippen molar-refractivity contribution in [3.8, 4) is 39.1 Å². The summed E-state index contributed by atoms with van der Waals surface area (Å²) in [5, 5.41) is 5.09. The highest BCUT2D eigenvalue weighted by atomic mass is 79.9. The number of nitrogens with zero attached hydrogens (tertiary/aromatic N) is 1. The van der Waals surface area contributed by atoms with Crippen LogP contribution in [0.3, 0.4) is 0 Å². The van der Waals surface area contributed by atoms with Crippen molar-refractivity contribution in [2.24, 2.45) is 0 Å². The molecule has 0 aliphatic carbocycles. The average molecular weight is 657 g/mol. The van der Waals surface area contributed by atoms with E-state index in [1.54, 1.807) is 0 Å². The molecular formula is C42H26BrNS. The Balaban J connectivity index is 1.33. The summed E-state index contributed by atoms with van der Waals surface area (Å²) in [6, 6.07) is 57.5. The summed E-state index contributed by atoms with van der Waals surface area (Å²) < 4.78 is 6.14. The molecule has 0 aliphatic rings. The summed E-state index contributed by atoms with van der Waals surface area (Å²) >= 11 is 5.64. The van der Waals surface area contributed by atoms with Gasteiger partial charge in [0.05, 0.1) is 11.0 Å². The Labute approximate surface area is 273 Å². The Morgan fingerprint density at radius 3 is 1.78 bits per heavy atom. The number of benzene rings is 7. The highest BCUT2D eigenvalue weighted by Gasteiger charge is 2.18. The van der Waals surface area contributed by atoms with Gasteiger partial charge in [-0.1, -0.05) is 119 Å². The third kappa shape index (κ3) is 4.34. The lowest BCUT2D eigenvalue weighted by atomic mass is 9.87. The Morgan fingerprint density at radius 2 is 1.04 bits per heavy atom. The normalized spacial score (nSPS) is 11.7. The van der Waals surface area contributed by atoms with Gasteiger partial charge in [0.15, 0.2) is 0 Å². The molecular weight excluding hydrogens is 630 g/mol. The Bertz CT molecular complexity index is 2480. The molecule has 2 aromatic heterocycles. The zero-order valence-electron chi connectivity index (χ0n) is 24.2. The molecule has 0 saturated heterocycles. The van der Waals surface area contributed by atoms with E-state index in [4.69, 9.17) is 0 Å². The van der Waals surface area contributed by atoms with Crippen LogP contribution in [0.5, 0.6) is 0 Å². The quantitative estimate of drug-likeness (QED) is 0.178. The zero-order chi connectivity index (χ0) is 29.9. The average Bonchev–Trinajstić information content (AvgIpc) is 3.63. The number of thiophene rings is 1. The molecule has 0 amide bonds. The fraction of sp³-hybridized carbons (Fsp3) is 0. The Hall–Kier alpha value is -4.96. The van der Waals surface area contributed by atoms with Gasteiger partial charge in [-0.05, 0) is 88.0 Å².